The number of carbonyl (C=O) groups excluding carboxylic acids is 1. The molecule has 1 aliphatic heterocycles. The fourth-order valence-electron chi connectivity index (χ4n) is 2.89. The molecule has 0 unspecified atom stereocenters. The number of anilines is 2. The van der Waals surface area contributed by atoms with Crippen LogP contribution in [0, 0.1) is 0 Å². The molecule has 0 aliphatic carbocycles. The molecule has 2 aromatic carbocycles. The summed E-state index contributed by atoms with van der Waals surface area (Å²) in [5, 5.41) is 10.7. The lowest BCUT2D eigenvalue weighted by molar-refractivity contribution is -0.112. The van der Waals surface area contributed by atoms with E-state index in [4.69, 9.17) is 34.7 Å². The molecule has 8 nitrogen and oxygen atoms in total. The third-order valence-electron chi connectivity index (χ3n) is 4.07. The number of hydrogen-bond donors (Lipinski definition) is 2. The van der Waals surface area contributed by atoms with Crippen LogP contribution in [0.2, 0.25) is 5.02 Å². The number of nitrogens with zero attached hydrogens (tertiary/aromatic N) is 3. The number of rotatable bonds is 5. The summed E-state index contributed by atoms with van der Waals surface area (Å²) in [5.74, 6) is -0.434. The van der Waals surface area contributed by atoms with Gasteiger partial charge in [-0.2, -0.15) is 5.10 Å². The smallest absolute Gasteiger partial charge is 0.279 e. The summed E-state index contributed by atoms with van der Waals surface area (Å²) in [6.45, 7) is 3.90. The second-order valence-corrected chi connectivity index (χ2v) is 8.36. The SMILES string of the molecule is C=CCN1C(=O)/C(=N\N(C(N)=S)c2ccccc2S(N)(=O)=O)c2cc(Cl)ccc21. The first-order valence-corrected chi connectivity index (χ1v) is 10.5. The number of hydrazone groups is 1. The van der Waals surface area contributed by atoms with Crippen molar-refractivity contribution >= 4 is 61.9 Å². The first-order chi connectivity index (χ1) is 13.6. The molecule has 2 aromatic rings. The van der Waals surface area contributed by atoms with E-state index in [0.717, 1.165) is 5.01 Å². The molecule has 0 saturated heterocycles. The van der Waals surface area contributed by atoms with Crippen LogP contribution >= 0.6 is 23.8 Å². The molecule has 0 atom stereocenters. The fraction of sp³-hybridized carbons (Fsp3) is 0.0556. The minimum atomic E-state index is -4.10. The van der Waals surface area contributed by atoms with Crippen LogP contribution in [0.25, 0.3) is 0 Å². The molecule has 0 bridgehead atoms. The number of primary sulfonamides is 1. The summed E-state index contributed by atoms with van der Waals surface area (Å²) in [6.07, 6.45) is 1.57. The zero-order valence-electron chi connectivity index (χ0n) is 14.9. The molecule has 1 heterocycles. The molecule has 150 valence electrons. The van der Waals surface area contributed by atoms with Gasteiger partial charge in [0.15, 0.2) is 10.8 Å². The Morgan fingerprint density at radius 1 is 1.31 bits per heavy atom. The van der Waals surface area contributed by atoms with Crippen molar-refractivity contribution in [2.45, 2.75) is 4.90 Å². The van der Waals surface area contributed by atoms with Crippen molar-refractivity contribution in [3.05, 3.63) is 65.7 Å². The molecule has 0 radical (unpaired) electrons. The predicted molar refractivity (Wildman–Crippen MR) is 118 cm³/mol. The predicted octanol–water partition coefficient (Wildman–Crippen LogP) is 1.97. The summed E-state index contributed by atoms with van der Waals surface area (Å²) in [6, 6.07) is 10.7. The van der Waals surface area contributed by atoms with Gasteiger partial charge in [0.2, 0.25) is 10.0 Å². The van der Waals surface area contributed by atoms with Gasteiger partial charge in [0.05, 0.1) is 11.4 Å². The molecule has 4 N–H and O–H groups in total. The second kappa shape index (κ2) is 7.91. The number of para-hydroxylation sites is 1. The maximum atomic E-state index is 13.0. The number of benzene rings is 2. The van der Waals surface area contributed by atoms with Crippen LogP contribution in [0.5, 0.6) is 0 Å². The average molecular weight is 450 g/mol. The van der Waals surface area contributed by atoms with Crippen LogP contribution < -0.4 is 20.8 Å². The van der Waals surface area contributed by atoms with Crippen LogP contribution in [0.4, 0.5) is 11.4 Å². The normalized spacial score (nSPS) is 14.8. The number of carbonyl (C=O) groups is 1. The number of fused-ring (bicyclic) bond motifs is 1. The topological polar surface area (TPSA) is 122 Å². The lowest BCUT2D eigenvalue weighted by atomic mass is 10.1. The zero-order valence-corrected chi connectivity index (χ0v) is 17.3. The van der Waals surface area contributed by atoms with Crippen molar-refractivity contribution in [2.24, 2.45) is 16.0 Å². The number of nitrogens with two attached hydrogens (primary N) is 2. The van der Waals surface area contributed by atoms with Gasteiger partial charge in [-0.3, -0.25) is 4.79 Å². The van der Waals surface area contributed by atoms with Gasteiger partial charge in [-0.1, -0.05) is 29.8 Å². The lowest BCUT2D eigenvalue weighted by Gasteiger charge is -2.20. The number of hydrogen-bond acceptors (Lipinski definition) is 5. The first kappa shape index (κ1) is 20.9. The average Bonchev–Trinajstić information content (AvgIpc) is 2.90. The Labute approximate surface area is 178 Å². The maximum absolute atomic E-state index is 13.0. The summed E-state index contributed by atoms with van der Waals surface area (Å²) in [7, 11) is -4.10. The Hall–Kier alpha value is -2.79. The van der Waals surface area contributed by atoms with E-state index in [2.05, 4.69) is 11.7 Å². The number of halogens is 1. The Bertz CT molecular complexity index is 1160. The summed E-state index contributed by atoms with van der Waals surface area (Å²) in [5.41, 5.74) is 6.86. The Kier molecular flexibility index (Phi) is 5.71. The molecule has 0 spiro atoms. The molecule has 29 heavy (non-hydrogen) atoms. The molecular formula is C18H16ClN5O3S2. The van der Waals surface area contributed by atoms with Crippen molar-refractivity contribution in [3.8, 4) is 0 Å². The van der Waals surface area contributed by atoms with Crippen LogP contribution in [0.3, 0.4) is 0 Å². The third-order valence-corrected chi connectivity index (χ3v) is 5.44. The van der Waals surface area contributed by atoms with Crippen molar-refractivity contribution in [2.75, 3.05) is 16.5 Å². The quantitative estimate of drug-likeness (QED) is 0.409. The van der Waals surface area contributed by atoms with E-state index in [0.29, 0.717) is 16.3 Å². The van der Waals surface area contributed by atoms with Gasteiger partial charge in [-0.15, -0.1) is 6.58 Å². The van der Waals surface area contributed by atoms with Crippen LogP contribution in [0.1, 0.15) is 5.56 Å². The van der Waals surface area contributed by atoms with Gasteiger partial charge in [-0.25, -0.2) is 18.6 Å². The van der Waals surface area contributed by atoms with E-state index in [1.165, 1.54) is 23.1 Å². The zero-order chi connectivity index (χ0) is 21.3. The summed E-state index contributed by atoms with van der Waals surface area (Å²) < 4.78 is 24.0. The third kappa shape index (κ3) is 4.01. The van der Waals surface area contributed by atoms with E-state index in [1.807, 2.05) is 0 Å². The molecule has 0 saturated carbocycles. The maximum Gasteiger partial charge on any atom is 0.279 e. The molecule has 11 heteroatoms. The number of thiocarbonyl (C=S) groups is 1. The fourth-order valence-corrected chi connectivity index (χ4v) is 3.91. The number of amides is 1. The van der Waals surface area contributed by atoms with Crippen molar-refractivity contribution < 1.29 is 13.2 Å². The van der Waals surface area contributed by atoms with Crippen molar-refractivity contribution in [3.63, 3.8) is 0 Å². The Morgan fingerprint density at radius 3 is 2.62 bits per heavy atom. The van der Waals surface area contributed by atoms with E-state index >= 15 is 0 Å². The highest BCUT2D eigenvalue weighted by atomic mass is 35.5. The summed E-state index contributed by atoms with van der Waals surface area (Å²) in [4.78, 5) is 14.2. The minimum Gasteiger partial charge on any atom is -0.374 e. The van der Waals surface area contributed by atoms with Gasteiger partial charge < -0.3 is 10.6 Å². The second-order valence-electron chi connectivity index (χ2n) is 5.98. The van der Waals surface area contributed by atoms with Crippen molar-refractivity contribution in [1.82, 2.24) is 0 Å². The van der Waals surface area contributed by atoms with E-state index in [-0.39, 0.29) is 28.0 Å². The molecule has 0 aromatic heterocycles. The largest absolute Gasteiger partial charge is 0.374 e. The minimum absolute atomic E-state index is 0.00127. The lowest BCUT2D eigenvalue weighted by Crippen LogP contribution is -2.36. The molecule has 3 rings (SSSR count). The van der Waals surface area contributed by atoms with Crippen molar-refractivity contribution in [1.29, 1.82) is 0 Å². The monoisotopic (exact) mass is 449 g/mol. The number of sulfonamides is 1. The van der Waals surface area contributed by atoms with Crippen LogP contribution in [0.15, 0.2) is 65.1 Å². The summed E-state index contributed by atoms with van der Waals surface area (Å²) >= 11 is 11.2. The molecular weight excluding hydrogens is 434 g/mol. The van der Waals surface area contributed by atoms with Gasteiger partial charge in [0.25, 0.3) is 5.91 Å². The van der Waals surface area contributed by atoms with E-state index in [1.54, 1.807) is 30.3 Å². The van der Waals surface area contributed by atoms with E-state index < -0.39 is 15.9 Å². The van der Waals surface area contributed by atoms with Gasteiger partial charge in [0, 0.05) is 17.1 Å². The van der Waals surface area contributed by atoms with Crippen LogP contribution in [-0.4, -0.2) is 31.7 Å². The molecule has 1 aliphatic rings. The highest BCUT2D eigenvalue weighted by Gasteiger charge is 2.35. The van der Waals surface area contributed by atoms with Gasteiger partial charge in [0.1, 0.15) is 4.90 Å². The van der Waals surface area contributed by atoms with Gasteiger partial charge in [-0.05, 0) is 42.5 Å². The van der Waals surface area contributed by atoms with Gasteiger partial charge >= 0.3 is 0 Å². The van der Waals surface area contributed by atoms with E-state index in [9.17, 15) is 13.2 Å². The van der Waals surface area contributed by atoms with Crippen LogP contribution in [-0.2, 0) is 14.8 Å². The highest BCUT2D eigenvalue weighted by molar-refractivity contribution is 7.89. The Morgan fingerprint density at radius 2 is 2.00 bits per heavy atom. The highest BCUT2D eigenvalue weighted by Crippen LogP contribution is 2.33. The molecule has 1 amide bonds. The standard InChI is InChI=1S/C18H16ClN5O3S2/c1-2-9-23-13-8-7-11(19)10-12(13)16(17(23)25)22-24(18(20)28)14-5-3-4-6-15(14)29(21,26)27/h2-8,10H,1,9H2,(H2,20,28)(H2,21,26,27)/b22-16-. The Balaban J connectivity index is 2.22. The first-order valence-electron chi connectivity index (χ1n) is 8.18. The molecule has 0 fully saturated rings.